The summed E-state index contributed by atoms with van der Waals surface area (Å²) >= 11 is 6.10. The van der Waals surface area contributed by atoms with Crippen LogP contribution < -0.4 is 9.47 Å². The highest BCUT2D eigenvalue weighted by Crippen LogP contribution is 2.35. The van der Waals surface area contributed by atoms with Crippen LogP contribution in [0.5, 0.6) is 11.5 Å². The lowest BCUT2D eigenvalue weighted by molar-refractivity contribution is -0.142. The summed E-state index contributed by atoms with van der Waals surface area (Å²) in [6, 6.07) is 3.52. The fourth-order valence-corrected chi connectivity index (χ4v) is 1.89. The zero-order valence-electron chi connectivity index (χ0n) is 9.65. The van der Waals surface area contributed by atoms with Crippen LogP contribution in [0, 0.1) is 0 Å². The number of carboxylic acid groups (broad SMARTS) is 1. The van der Waals surface area contributed by atoms with Crippen LogP contribution >= 0.6 is 11.6 Å². The van der Waals surface area contributed by atoms with Crippen molar-refractivity contribution < 1.29 is 24.1 Å². The van der Waals surface area contributed by atoms with E-state index >= 15 is 0 Å². The van der Waals surface area contributed by atoms with Crippen molar-refractivity contribution in [2.75, 3.05) is 26.4 Å². The zero-order chi connectivity index (χ0) is 13.0. The van der Waals surface area contributed by atoms with Gasteiger partial charge in [-0.2, -0.15) is 0 Å². The molecule has 0 aromatic heterocycles. The van der Waals surface area contributed by atoms with Crippen molar-refractivity contribution in [3.8, 4) is 11.5 Å². The lowest BCUT2D eigenvalue weighted by atomic mass is 10.1. The molecule has 0 unspecified atom stereocenters. The molecule has 1 aromatic carbocycles. The van der Waals surface area contributed by atoms with E-state index < -0.39 is 5.97 Å². The number of hydrogen-bond acceptors (Lipinski definition) is 4. The smallest absolute Gasteiger partial charge is 0.329 e. The van der Waals surface area contributed by atoms with E-state index in [0.29, 0.717) is 42.8 Å². The normalized spacial score (nSPS) is 13.4. The molecule has 0 spiro atoms. The second-order valence-electron chi connectivity index (χ2n) is 3.78. The first-order chi connectivity index (χ1) is 8.66. The minimum absolute atomic E-state index is 0.297. The summed E-state index contributed by atoms with van der Waals surface area (Å²) in [5.74, 6) is 0.323. The fraction of sp³-hybridized carbons (Fsp3) is 0.417. The lowest BCUT2D eigenvalue weighted by Crippen LogP contribution is -2.16. The van der Waals surface area contributed by atoms with Crippen LogP contribution in [0.25, 0.3) is 0 Å². The molecule has 1 aliphatic heterocycles. The highest BCUT2D eigenvalue weighted by Gasteiger charge is 2.14. The molecule has 0 atom stereocenters. The SMILES string of the molecule is O=C(O)COCCc1cc2c(cc1Cl)OCCO2. The van der Waals surface area contributed by atoms with Crippen molar-refractivity contribution in [1.82, 2.24) is 0 Å². The Kier molecular flexibility index (Phi) is 4.28. The molecule has 2 rings (SSSR count). The number of aliphatic carboxylic acids is 1. The van der Waals surface area contributed by atoms with Crippen LogP contribution in [0.3, 0.4) is 0 Å². The number of hydrogen-bond donors (Lipinski definition) is 1. The number of halogens is 1. The van der Waals surface area contributed by atoms with Gasteiger partial charge < -0.3 is 19.3 Å². The first-order valence-corrected chi connectivity index (χ1v) is 5.92. The van der Waals surface area contributed by atoms with Crippen LogP contribution in [0.15, 0.2) is 12.1 Å². The fourth-order valence-electron chi connectivity index (χ4n) is 1.64. The molecular weight excluding hydrogens is 260 g/mol. The molecule has 1 heterocycles. The molecule has 6 heteroatoms. The highest BCUT2D eigenvalue weighted by atomic mass is 35.5. The summed E-state index contributed by atoms with van der Waals surface area (Å²) < 4.78 is 15.8. The Morgan fingerprint density at radius 3 is 2.67 bits per heavy atom. The third-order valence-electron chi connectivity index (χ3n) is 2.45. The van der Waals surface area contributed by atoms with Gasteiger partial charge in [0.25, 0.3) is 0 Å². The number of ether oxygens (including phenoxy) is 3. The lowest BCUT2D eigenvalue weighted by Gasteiger charge is -2.19. The van der Waals surface area contributed by atoms with E-state index in [0.717, 1.165) is 5.56 Å². The maximum atomic E-state index is 10.3. The molecule has 0 aliphatic carbocycles. The number of carboxylic acids is 1. The van der Waals surface area contributed by atoms with Gasteiger partial charge in [0.15, 0.2) is 11.5 Å². The average Bonchev–Trinajstić information content (AvgIpc) is 2.34. The first kappa shape index (κ1) is 13.0. The molecule has 1 N–H and O–H groups in total. The van der Waals surface area contributed by atoms with Gasteiger partial charge in [0.05, 0.1) is 6.61 Å². The molecule has 0 fully saturated rings. The van der Waals surface area contributed by atoms with E-state index in [-0.39, 0.29) is 6.61 Å². The number of benzene rings is 1. The Morgan fingerprint density at radius 2 is 2.00 bits per heavy atom. The van der Waals surface area contributed by atoms with E-state index in [9.17, 15) is 4.79 Å². The predicted octanol–water partition coefficient (Wildman–Crippen LogP) is 1.75. The van der Waals surface area contributed by atoms with Crippen molar-refractivity contribution in [3.05, 3.63) is 22.7 Å². The maximum Gasteiger partial charge on any atom is 0.329 e. The summed E-state index contributed by atoms with van der Waals surface area (Å²) in [6.45, 7) is 1.03. The highest BCUT2D eigenvalue weighted by molar-refractivity contribution is 6.31. The van der Waals surface area contributed by atoms with Crippen LogP contribution in [0.1, 0.15) is 5.56 Å². The number of carbonyl (C=O) groups is 1. The molecule has 5 nitrogen and oxygen atoms in total. The minimum atomic E-state index is -0.983. The van der Waals surface area contributed by atoms with E-state index in [4.69, 9.17) is 30.9 Å². The molecular formula is C12H13ClO5. The summed E-state index contributed by atoms with van der Waals surface area (Å²) in [4.78, 5) is 10.3. The molecule has 98 valence electrons. The van der Waals surface area contributed by atoms with Gasteiger partial charge in [0, 0.05) is 11.1 Å². The number of fused-ring (bicyclic) bond motifs is 1. The molecule has 0 bridgehead atoms. The van der Waals surface area contributed by atoms with E-state index in [2.05, 4.69) is 0 Å². The summed E-state index contributed by atoms with van der Waals surface area (Å²) in [5, 5.41) is 9.00. The monoisotopic (exact) mass is 272 g/mol. The summed E-state index contributed by atoms with van der Waals surface area (Å²) in [5.41, 5.74) is 0.853. The zero-order valence-corrected chi connectivity index (χ0v) is 10.4. The average molecular weight is 273 g/mol. The minimum Gasteiger partial charge on any atom is -0.486 e. The van der Waals surface area contributed by atoms with Gasteiger partial charge in [0.1, 0.15) is 19.8 Å². The van der Waals surface area contributed by atoms with Gasteiger partial charge in [-0.3, -0.25) is 0 Å². The van der Waals surface area contributed by atoms with Gasteiger partial charge in [-0.1, -0.05) is 11.6 Å². The van der Waals surface area contributed by atoms with Gasteiger partial charge in [-0.15, -0.1) is 0 Å². The number of rotatable bonds is 5. The van der Waals surface area contributed by atoms with E-state index in [1.54, 1.807) is 12.1 Å². The standard InChI is InChI=1S/C12H13ClO5/c13-9-6-11-10(17-3-4-18-11)5-8(9)1-2-16-7-12(14)15/h5-6H,1-4,7H2,(H,14,15). The molecule has 0 radical (unpaired) electrons. The molecule has 18 heavy (non-hydrogen) atoms. The van der Waals surface area contributed by atoms with Crippen LogP contribution in [0.2, 0.25) is 5.02 Å². The Morgan fingerprint density at radius 1 is 1.33 bits per heavy atom. The Bertz CT molecular complexity index is 446. The Balaban J connectivity index is 1.97. The van der Waals surface area contributed by atoms with Gasteiger partial charge in [0.2, 0.25) is 0 Å². The van der Waals surface area contributed by atoms with Gasteiger partial charge in [-0.05, 0) is 18.1 Å². The third-order valence-corrected chi connectivity index (χ3v) is 2.80. The van der Waals surface area contributed by atoms with Crippen LogP contribution in [0.4, 0.5) is 0 Å². The maximum absolute atomic E-state index is 10.3. The second kappa shape index (κ2) is 5.93. The van der Waals surface area contributed by atoms with Crippen LogP contribution in [-0.4, -0.2) is 37.5 Å². The van der Waals surface area contributed by atoms with Crippen molar-refractivity contribution in [2.24, 2.45) is 0 Å². The molecule has 1 aliphatic rings. The van der Waals surface area contributed by atoms with Gasteiger partial charge in [-0.25, -0.2) is 4.79 Å². The molecule has 0 saturated heterocycles. The molecule has 1 aromatic rings. The quantitative estimate of drug-likeness (QED) is 0.828. The summed E-state index contributed by atoms with van der Waals surface area (Å²) in [6.07, 6.45) is 0.531. The second-order valence-corrected chi connectivity index (χ2v) is 4.19. The van der Waals surface area contributed by atoms with Crippen molar-refractivity contribution in [1.29, 1.82) is 0 Å². The third kappa shape index (κ3) is 3.27. The molecule has 0 saturated carbocycles. The molecule has 0 amide bonds. The van der Waals surface area contributed by atoms with Gasteiger partial charge >= 0.3 is 5.97 Å². The largest absolute Gasteiger partial charge is 0.486 e. The van der Waals surface area contributed by atoms with E-state index in [1.807, 2.05) is 0 Å². The Hall–Kier alpha value is -1.46. The van der Waals surface area contributed by atoms with Crippen molar-refractivity contribution in [2.45, 2.75) is 6.42 Å². The first-order valence-electron chi connectivity index (χ1n) is 5.54. The van der Waals surface area contributed by atoms with Crippen LogP contribution in [-0.2, 0) is 16.0 Å². The van der Waals surface area contributed by atoms with Crippen molar-refractivity contribution >= 4 is 17.6 Å². The topological polar surface area (TPSA) is 65.0 Å². The Labute approximate surface area is 109 Å². The summed E-state index contributed by atoms with van der Waals surface area (Å²) in [7, 11) is 0. The van der Waals surface area contributed by atoms with Crippen molar-refractivity contribution in [3.63, 3.8) is 0 Å². The predicted molar refractivity (Wildman–Crippen MR) is 64.6 cm³/mol. The van der Waals surface area contributed by atoms with E-state index in [1.165, 1.54) is 0 Å².